The van der Waals surface area contributed by atoms with Gasteiger partial charge in [0.25, 0.3) is 5.91 Å². The number of ether oxygens (including phenoxy) is 2. The molecule has 5 atom stereocenters. The number of sulfonamides is 1. The van der Waals surface area contributed by atoms with Crippen molar-refractivity contribution in [2.24, 2.45) is 17.8 Å². The molecule has 13 heteroatoms. The van der Waals surface area contributed by atoms with E-state index in [1.807, 2.05) is 12.1 Å². The summed E-state index contributed by atoms with van der Waals surface area (Å²) in [5.41, 5.74) is 2.92. The number of aliphatic hydroxyl groups is 1. The number of nitrogens with one attached hydrogen (secondary N) is 1. The highest BCUT2D eigenvalue weighted by Crippen LogP contribution is 2.47. The number of benzene rings is 2. The smallest absolute Gasteiger partial charge is 0.308 e. The Labute approximate surface area is 304 Å². The number of carbonyl (C=O) groups excluding carboxylic acids is 3. The molecule has 1 saturated carbocycles. The number of fused-ring (bicyclic) bond motifs is 4. The van der Waals surface area contributed by atoms with Crippen molar-refractivity contribution in [3.8, 4) is 5.75 Å². The molecule has 0 unspecified atom stereocenters. The fourth-order valence-electron chi connectivity index (χ4n) is 8.81. The van der Waals surface area contributed by atoms with Gasteiger partial charge < -0.3 is 24.4 Å². The van der Waals surface area contributed by atoms with Crippen LogP contribution in [0.25, 0.3) is 0 Å². The van der Waals surface area contributed by atoms with E-state index in [0.717, 1.165) is 32.1 Å². The van der Waals surface area contributed by atoms with E-state index in [1.165, 1.54) is 23.1 Å². The van der Waals surface area contributed by atoms with Crippen molar-refractivity contribution < 1.29 is 37.4 Å². The molecule has 2 aromatic rings. The average molecular weight is 740 g/mol. The minimum atomic E-state index is -4.49. The van der Waals surface area contributed by atoms with E-state index in [0.29, 0.717) is 49.0 Å². The first kappa shape index (κ1) is 35.8. The van der Waals surface area contributed by atoms with Crippen molar-refractivity contribution in [1.29, 1.82) is 0 Å². The molecule has 2 fully saturated rings. The summed E-state index contributed by atoms with van der Waals surface area (Å²) >= 11 is 6.41. The van der Waals surface area contributed by atoms with Gasteiger partial charge in [0, 0.05) is 42.2 Å². The van der Waals surface area contributed by atoms with Gasteiger partial charge in [-0.25, -0.2) is 13.1 Å². The summed E-state index contributed by atoms with van der Waals surface area (Å²) < 4.78 is 41.4. The SMILES string of the molecule is COC(=O)C1CCN(C(=O)[C@H]2CC/C=C\[C@H](O)[C@@H]3CC[C@H]3CN3C[C@@]4(CCCc5cc(Cl)ccc54)COc4ccc(cc43)C(=O)NS2(=O)=O)CC1. The van der Waals surface area contributed by atoms with Gasteiger partial charge in [0.05, 0.1) is 31.4 Å². The van der Waals surface area contributed by atoms with E-state index in [1.54, 1.807) is 30.4 Å². The number of hydrogen-bond donors (Lipinski definition) is 2. The second-order valence-corrected chi connectivity index (χ2v) is 17.2. The third-order valence-electron chi connectivity index (χ3n) is 11.8. The van der Waals surface area contributed by atoms with Crippen LogP contribution in [0.5, 0.6) is 5.75 Å². The molecule has 2 amide bonds. The van der Waals surface area contributed by atoms with Crippen molar-refractivity contribution >= 4 is 45.1 Å². The molecule has 0 radical (unpaired) electrons. The first-order valence-corrected chi connectivity index (χ1v) is 20.0. The molecular formula is C38H46ClN3O8S. The van der Waals surface area contributed by atoms with Gasteiger partial charge in [-0.3, -0.25) is 14.4 Å². The van der Waals surface area contributed by atoms with Crippen molar-refractivity contribution in [2.75, 3.05) is 44.8 Å². The number of aryl methyl sites for hydroxylation is 1. The van der Waals surface area contributed by atoms with Crippen LogP contribution in [-0.2, 0) is 36.2 Å². The van der Waals surface area contributed by atoms with E-state index in [-0.39, 0.29) is 60.6 Å². The molecule has 3 heterocycles. The zero-order valence-corrected chi connectivity index (χ0v) is 30.5. The Morgan fingerprint density at radius 3 is 2.63 bits per heavy atom. The number of esters is 1. The lowest BCUT2D eigenvalue weighted by molar-refractivity contribution is -0.148. The Hall–Kier alpha value is -3.61. The molecule has 2 aliphatic carbocycles. The molecule has 11 nitrogen and oxygen atoms in total. The number of hydrogen-bond acceptors (Lipinski definition) is 9. The number of rotatable bonds is 2. The highest BCUT2D eigenvalue weighted by molar-refractivity contribution is 7.91. The molecule has 1 spiro atoms. The van der Waals surface area contributed by atoms with E-state index in [2.05, 4.69) is 15.7 Å². The lowest BCUT2D eigenvalue weighted by Crippen LogP contribution is -2.51. The minimum Gasteiger partial charge on any atom is -0.490 e. The quantitative estimate of drug-likeness (QED) is 0.339. The summed E-state index contributed by atoms with van der Waals surface area (Å²) in [5, 5.41) is 10.5. The van der Waals surface area contributed by atoms with E-state index >= 15 is 0 Å². The number of aliphatic hydroxyl groups excluding tert-OH is 1. The number of anilines is 1. The first-order valence-electron chi connectivity index (χ1n) is 18.1. The predicted molar refractivity (Wildman–Crippen MR) is 192 cm³/mol. The molecule has 2 bridgehead atoms. The van der Waals surface area contributed by atoms with Crippen molar-refractivity contribution in [3.63, 3.8) is 0 Å². The molecule has 51 heavy (non-hydrogen) atoms. The third kappa shape index (κ3) is 7.11. The van der Waals surface area contributed by atoms with Gasteiger partial charge in [-0.05, 0) is 111 Å². The van der Waals surface area contributed by atoms with Crippen LogP contribution >= 0.6 is 11.6 Å². The summed E-state index contributed by atoms with van der Waals surface area (Å²) in [7, 11) is -3.17. The molecule has 2 N–H and O–H groups in total. The van der Waals surface area contributed by atoms with Gasteiger partial charge in [-0.15, -0.1) is 0 Å². The van der Waals surface area contributed by atoms with Crippen LogP contribution in [-0.4, -0.2) is 87.5 Å². The maximum atomic E-state index is 13.9. The maximum Gasteiger partial charge on any atom is 0.308 e. The van der Waals surface area contributed by atoms with Crippen LogP contribution in [0.15, 0.2) is 48.6 Å². The van der Waals surface area contributed by atoms with Crippen LogP contribution in [0.3, 0.4) is 0 Å². The van der Waals surface area contributed by atoms with Crippen molar-refractivity contribution in [2.45, 2.75) is 74.6 Å². The summed E-state index contributed by atoms with van der Waals surface area (Å²) in [6.07, 6.45) is 8.23. The minimum absolute atomic E-state index is 0.0129. The van der Waals surface area contributed by atoms with Crippen LogP contribution < -0.4 is 14.4 Å². The largest absolute Gasteiger partial charge is 0.490 e. The molecule has 274 valence electrons. The summed E-state index contributed by atoms with van der Waals surface area (Å²) in [6.45, 7) is 2.11. The monoisotopic (exact) mass is 739 g/mol. The van der Waals surface area contributed by atoms with Gasteiger partial charge in [-0.1, -0.05) is 29.8 Å². The number of halogens is 1. The maximum absolute atomic E-state index is 13.9. The van der Waals surface area contributed by atoms with Gasteiger partial charge >= 0.3 is 5.97 Å². The van der Waals surface area contributed by atoms with E-state index in [4.69, 9.17) is 21.1 Å². The molecule has 3 aliphatic heterocycles. The highest BCUT2D eigenvalue weighted by atomic mass is 35.5. The number of methoxy groups -OCH3 is 1. The molecular weight excluding hydrogens is 694 g/mol. The lowest BCUT2D eigenvalue weighted by atomic mass is 9.68. The summed E-state index contributed by atoms with van der Waals surface area (Å²) in [4.78, 5) is 43.3. The number of carbonyl (C=O) groups is 3. The molecule has 2 aromatic carbocycles. The normalized spacial score (nSPS) is 30.1. The Morgan fingerprint density at radius 1 is 1.08 bits per heavy atom. The van der Waals surface area contributed by atoms with Crippen molar-refractivity contribution in [3.05, 3.63) is 70.3 Å². The summed E-state index contributed by atoms with van der Waals surface area (Å²) in [6, 6.07) is 11.0. The topological polar surface area (TPSA) is 143 Å². The molecule has 1 saturated heterocycles. The molecule has 7 rings (SSSR count). The lowest BCUT2D eigenvalue weighted by Gasteiger charge is -2.45. The zero-order chi connectivity index (χ0) is 35.9. The Balaban J connectivity index is 1.21. The van der Waals surface area contributed by atoms with Gasteiger partial charge in [0.1, 0.15) is 5.75 Å². The van der Waals surface area contributed by atoms with Gasteiger partial charge in [0.2, 0.25) is 15.9 Å². The average Bonchev–Trinajstić information content (AvgIpc) is 3.25. The van der Waals surface area contributed by atoms with Crippen LogP contribution in [0, 0.1) is 17.8 Å². The fourth-order valence-corrected chi connectivity index (χ4v) is 10.4. The highest BCUT2D eigenvalue weighted by Gasteiger charge is 2.45. The first-order chi connectivity index (χ1) is 24.5. The standard InChI is InChI=1S/C38H46ClN3O8S/c1-49-37(46)24-14-17-41(18-15-24)36(45)34-7-3-2-6-32(43)29-11-8-27(29)21-42-22-38(16-4-5-25-19-28(39)10-12-30(25)38)23-50-33-13-9-26(20-31(33)42)35(44)40-51(34,47)48/h2,6,9-10,12-13,19-20,24,27,29,32,34,43H,3-5,7-8,11,14-18,21-23H2,1H3,(H,40,44)/b6-2-/t27-,29+,32-,34+,38-/m0/s1. The number of amides is 2. The number of piperidine rings is 1. The predicted octanol–water partition coefficient (Wildman–Crippen LogP) is 4.39. The second-order valence-electron chi connectivity index (χ2n) is 14.9. The number of likely N-dealkylation sites (tertiary alicyclic amines) is 1. The summed E-state index contributed by atoms with van der Waals surface area (Å²) in [5.74, 6) is -1.34. The number of allylic oxidation sites excluding steroid dienone is 1. The van der Waals surface area contributed by atoms with Gasteiger partial charge in [0.15, 0.2) is 5.25 Å². The van der Waals surface area contributed by atoms with Crippen LogP contribution in [0.4, 0.5) is 5.69 Å². The second kappa shape index (κ2) is 14.4. The third-order valence-corrected chi connectivity index (χ3v) is 13.7. The Bertz CT molecular complexity index is 1830. The van der Waals surface area contributed by atoms with Gasteiger partial charge in [-0.2, -0.15) is 0 Å². The van der Waals surface area contributed by atoms with Crippen LogP contribution in [0.1, 0.15) is 72.9 Å². The fraction of sp³-hybridized carbons (Fsp3) is 0.553. The molecule has 0 aromatic heterocycles. The van der Waals surface area contributed by atoms with E-state index < -0.39 is 33.2 Å². The van der Waals surface area contributed by atoms with Crippen LogP contribution in [0.2, 0.25) is 5.02 Å². The van der Waals surface area contributed by atoms with E-state index in [9.17, 15) is 27.9 Å². The Kier molecular flexibility index (Phi) is 10.1. The molecule has 5 aliphatic rings. The zero-order valence-electron chi connectivity index (χ0n) is 28.9. The Morgan fingerprint density at radius 2 is 1.88 bits per heavy atom. The van der Waals surface area contributed by atoms with Crippen molar-refractivity contribution in [1.82, 2.24) is 9.62 Å². The number of nitrogens with zero attached hydrogens (tertiary/aromatic N) is 2.